The first-order valence-electron chi connectivity index (χ1n) is 4.86. The maximum atomic E-state index is 11.6. The van der Waals surface area contributed by atoms with Gasteiger partial charge in [-0.15, -0.1) is 10.2 Å². The summed E-state index contributed by atoms with van der Waals surface area (Å²) in [5.74, 6) is -0.298. The molecular weight excluding hydrogens is 206 g/mol. The number of hydrogen-bond donors (Lipinski definition) is 2. The molecule has 2 aromatic rings. The number of tetrazole rings is 1. The van der Waals surface area contributed by atoms with Gasteiger partial charge in [0, 0.05) is 0 Å². The zero-order valence-electron chi connectivity index (χ0n) is 8.71. The van der Waals surface area contributed by atoms with Gasteiger partial charge in [-0.3, -0.25) is 4.79 Å². The highest BCUT2D eigenvalue weighted by atomic mass is 16.2. The smallest absolute Gasteiger partial charge is 0.293 e. The van der Waals surface area contributed by atoms with Gasteiger partial charge in [0.2, 0.25) is 0 Å². The maximum absolute atomic E-state index is 11.6. The topological polar surface area (TPSA) is 83.6 Å². The van der Waals surface area contributed by atoms with Gasteiger partial charge in [0.15, 0.2) is 0 Å². The highest BCUT2D eigenvalue weighted by Crippen LogP contribution is 2.11. The molecule has 0 radical (unpaired) electrons. The molecule has 1 heterocycles. The second kappa shape index (κ2) is 4.52. The van der Waals surface area contributed by atoms with Crippen LogP contribution in [0.25, 0.3) is 0 Å². The molecule has 0 bridgehead atoms. The molecule has 1 amide bonds. The second-order valence-corrected chi connectivity index (χ2v) is 3.34. The summed E-state index contributed by atoms with van der Waals surface area (Å²) in [7, 11) is 0. The fraction of sp³-hybridized carbons (Fsp3) is 0.200. The number of nitrogens with one attached hydrogen (secondary N) is 2. The Kier molecular flexibility index (Phi) is 2.90. The van der Waals surface area contributed by atoms with Crippen molar-refractivity contribution in [3.63, 3.8) is 0 Å². The fourth-order valence-electron chi connectivity index (χ4n) is 1.34. The first-order chi connectivity index (χ1) is 7.77. The van der Waals surface area contributed by atoms with Crippen LogP contribution < -0.4 is 5.32 Å². The molecule has 0 aliphatic rings. The van der Waals surface area contributed by atoms with E-state index >= 15 is 0 Å². The Hall–Kier alpha value is -2.24. The molecule has 6 heteroatoms. The van der Waals surface area contributed by atoms with Crippen LogP contribution in [0.4, 0.5) is 0 Å². The van der Waals surface area contributed by atoms with E-state index in [1.807, 2.05) is 37.3 Å². The molecule has 2 N–H and O–H groups in total. The predicted molar refractivity (Wildman–Crippen MR) is 56.5 cm³/mol. The van der Waals surface area contributed by atoms with Gasteiger partial charge in [0.1, 0.15) is 0 Å². The molecule has 1 aromatic heterocycles. The Balaban J connectivity index is 2.03. The monoisotopic (exact) mass is 217 g/mol. The molecule has 0 aliphatic carbocycles. The molecule has 0 unspecified atom stereocenters. The van der Waals surface area contributed by atoms with E-state index in [1.54, 1.807) is 0 Å². The maximum Gasteiger partial charge on any atom is 0.293 e. The number of hydrogen-bond acceptors (Lipinski definition) is 4. The average molecular weight is 217 g/mol. The molecule has 0 saturated heterocycles. The minimum atomic E-state index is -0.342. The number of benzene rings is 1. The summed E-state index contributed by atoms with van der Waals surface area (Å²) in [5, 5.41) is 15.5. The highest BCUT2D eigenvalue weighted by molar-refractivity contribution is 5.90. The van der Waals surface area contributed by atoms with Crippen molar-refractivity contribution in [2.75, 3.05) is 0 Å². The van der Waals surface area contributed by atoms with Crippen LogP contribution in [0.5, 0.6) is 0 Å². The Labute approximate surface area is 92.1 Å². The zero-order chi connectivity index (χ0) is 11.4. The zero-order valence-corrected chi connectivity index (χ0v) is 8.71. The van der Waals surface area contributed by atoms with Gasteiger partial charge in [-0.2, -0.15) is 5.21 Å². The lowest BCUT2D eigenvalue weighted by Gasteiger charge is -2.12. The van der Waals surface area contributed by atoms with Crippen LogP contribution in [-0.4, -0.2) is 26.5 Å². The fourth-order valence-corrected chi connectivity index (χ4v) is 1.34. The number of nitrogens with zero attached hydrogens (tertiary/aromatic N) is 3. The summed E-state index contributed by atoms with van der Waals surface area (Å²) in [4.78, 5) is 11.6. The number of H-pyrrole nitrogens is 1. The molecule has 2 rings (SSSR count). The molecule has 6 nitrogen and oxygen atoms in total. The molecular formula is C10H11N5O. The highest BCUT2D eigenvalue weighted by Gasteiger charge is 2.14. The quantitative estimate of drug-likeness (QED) is 0.792. The van der Waals surface area contributed by atoms with E-state index in [0.29, 0.717) is 0 Å². The Morgan fingerprint density at radius 3 is 2.75 bits per heavy atom. The number of aromatic amines is 1. The van der Waals surface area contributed by atoms with Crippen LogP contribution in [-0.2, 0) is 0 Å². The van der Waals surface area contributed by atoms with Crippen LogP contribution >= 0.6 is 0 Å². The Morgan fingerprint density at radius 1 is 1.38 bits per heavy atom. The van der Waals surface area contributed by atoms with Crippen LogP contribution in [0.15, 0.2) is 30.3 Å². The third-order valence-electron chi connectivity index (χ3n) is 2.20. The summed E-state index contributed by atoms with van der Waals surface area (Å²) >= 11 is 0. The largest absolute Gasteiger partial charge is 0.343 e. The molecule has 1 atom stereocenters. The van der Waals surface area contributed by atoms with Crippen LogP contribution in [0.2, 0.25) is 0 Å². The van der Waals surface area contributed by atoms with Gasteiger partial charge >= 0.3 is 0 Å². The molecule has 16 heavy (non-hydrogen) atoms. The van der Waals surface area contributed by atoms with E-state index in [9.17, 15) is 4.79 Å². The standard InChI is InChI=1S/C10H11N5O/c1-7(8-5-3-2-4-6-8)11-10(16)9-12-14-15-13-9/h2-7H,1H3,(H,11,16)(H,12,13,14,15)/t7-/m0/s1. The van der Waals surface area contributed by atoms with Crippen molar-refractivity contribution >= 4 is 5.91 Å². The van der Waals surface area contributed by atoms with Crippen molar-refractivity contribution in [2.24, 2.45) is 0 Å². The minimum Gasteiger partial charge on any atom is -0.343 e. The summed E-state index contributed by atoms with van der Waals surface area (Å²) in [6, 6.07) is 9.57. The Bertz CT molecular complexity index is 453. The Morgan fingerprint density at radius 2 is 2.12 bits per heavy atom. The summed E-state index contributed by atoms with van der Waals surface area (Å²) in [6.07, 6.45) is 0. The minimum absolute atomic E-state index is 0.0442. The first kappa shape index (κ1) is 10.3. The van der Waals surface area contributed by atoms with Gasteiger partial charge < -0.3 is 5.32 Å². The first-order valence-corrected chi connectivity index (χ1v) is 4.86. The van der Waals surface area contributed by atoms with E-state index in [2.05, 4.69) is 25.9 Å². The van der Waals surface area contributed by atoms with Gasteiger partial charge in [-0.05, 0) is 17.7 Å². The van der Waals surface area contributed by atoms with E-state index < -0.39 is 0 Å². The van der Waals surface area contributed by atoms with Crippen LogP contribution in [0.3, 0.4) is 0 Å². The number of rotatable bonds is 3. The normalized spacial score (nSPS) is 12.1. The van der Waals surface area contributed by atoms with Gasteiger partial charge in [-0.1, -0.05) is 30.3 Å². The summed E-state index contributed by atoms with van der Waals surface area (Å²) < 4.78 is 0. The number of carbonyl (C=O) groups is 1. The van der Waals surface area contributed by atoms with Crippen molar-refractivity contribution < 1.29 is 4.79 Å². The van der Waals surface area contributed by atoms with Gasteiger partial charge in [0.05, 0.1) is 6.04 Å². The van der Waals surface area contributed by atoms with Crippen molar-refractivity contribution in [2.45, 2.75) is 13.0 Å². The lowest BCUT2D eigenvalue weighted by molar-refractivity contribution is 0.0929. The van der Waals surface area contributed by atoms with Crippen molar-refractivity contribution in [1.29, 1.82) is 0 Å². The van der Waals surface area contributed by atoms with Crippen LogP contribution in [0, 0.1) is 0 Å². The summed E-state index contributed by atoms with van der Waals surface area (Å²) in [6.45, 7) is 1.90. The molecule has 0 saturated carbocycles. The van der Waals surface area contributed by atoms with E-state index in [1.165, 1.54) is 0 Å². The van der Waals surface area contributed by atoms with Crippen molar-refractivity contribution in [3.05, 3.63) is 41.7 Å². The van der Waals surface area contributed by atoms with Gasteiger partial charge in [0.25, 0.3) is 11.7 Å². The SMILES string of the molecule is C[C@H](NC(=O)c1nn[nH]n1)c1ccccc1. The molecule has 82 valence electrons. The van der Waals surface area contributed by atoms with E-state index in [0.717, 1.165) is 5.56 Å². The van der Waals surface area contributed by atoms with Gasteiger partial charge in [-0.25, -0.2) is 0 Å². The molecule has 1 aromatic carbocycles. The van der Waals surface area contributed by atoms with E-state index in [-0.39, 0.29) is 17.8 Å². The number of carbonyl (C=O) groups excluding carboxylic acids is 1. The van der Waals surface area contributed by atoms with E-state index in [4.69, 9.17) is 0 Å². The summed E-state index contributed by atoms with van der Waals surface area (Å²) in [5.41, 5.74) is 1.03. The van der Waals surface area contributed by atoms with Crippen LogP contribution in [0.1, 0.15) is 29.1 Å². The molecule has 0 spiro atoms. The van der Waals surface area contributed by atoms with Crippen molar-refractivity contribution in [3.8, 4) is 0 Å². The average Bonchev–Trinajstić information content (AvgIpc) is 2.83. The third-order valence-corrected chi connectivity index (χ3v) is 2.20. The lowest BCUT2D eigenvalue weighted by Crippen LogP contribution is -2.27. The molecule has 0 fully saturated rings. The number of amides is 1. The number of aromatic nitrogens is 4. The lowest BCUT2D eigenvalue weighted by atomic mass is 10.1. The third kappa shape index (κ3) is 2.22. The van der Waals surface area contributed by atoms with Crippen molar-refractivity contribution in [1.82, 2.24) is 25.9 Å². The second-order valence-electron chi connectivity index (χ2n) is 3.34. The predicted octanol–water partition coefficient (Wildman–Crippen LogP) is 0.691. The molecule has 0 aliphatic heterocycles.